The lowest BCUT2D eigenvalue weighted by atomic mass is 9.72. The van der Waals surface area contributed by atoms with Crippen LogP contribution in [-0.2, 0) is 9.47 Å². The number of hydrogen-bond donors (Lipinski definition) is 0. The van der Waals surface area contributed by atoms with Crippen molar-refractivity contribution in [1.82, 2.24) is 0 Å². The van der Waals surface area contributed by atoms with Gasteiger partial charge in [-0.1, -0.05) is 12.2 Å². The largest absolute Gasteiger partial charge is 0.509 e. The number of hydrogen-bond acceptors (Lipinski definition) is 3. The summed E-state index contributed by atoms with van der Waals surface area (Å²) >= 11 is 0. The maximum absolute atomic E-state index is 10.9. The van der Waals surface area contributed by atoms with Gasteiger partial charge in [-0.25, -0.2) is 4.79 Å². The predicted octanol–water partition coefficient (Wildman–Crippen LogP) is 1.49. The third-order valence-corrected chi connectivity index (χ3v) is 3.07. The van der Waals surface area contributed by atoms with Gasteiger partial charge in [0, 0.05) is 11.8 Å². The van der Waals surface area contributed by atoms with Gasteiger partial charge in [0.25, 0.3) is 0 Å². The molecule has 2 fully saturated rings. The molecule has 0 aromatic rings. The SMILES string of the molecule is O=C1O[C@@H]2[C@H](O1)[C@H]1C=C[C@@H]2CC1. The first kappa shape index (κ1) is 6.52. The molecule has 1 aliphatic heterocycles. The molecule has 1 saturated heterocycles. The number of rotatable bonds is 0. The maximum atomic E-state index is 10.9. The van der Waals surface area contributed by atoms with E-state index in [1.807, 2.05) is 0 Å². The smallest absolute Gasteiger partial charge is 0.426 e. The summed E-state index contributed by atoms with van der Waals surface area (Å²) in [5, 5.41) is 0. The van der Waals surface area contributed by atoms with Gasteiger partial charge < -0.3 is 9.47 Å². The van der Waals surface area contributed by atoms with Crippen LogP contribution in [0.1, 0.15) is 12.8 Å². The summed E-state index contributed by atoms with van der Waals surface area (Å²) in [6.45, 7) is 0. The number of ether oxygens (including phenoxy) is 2. The molecule has 0 spiro atoms. The van der Waals surface area contributed by atoms with Gasteiger partial charge in [0.15, 0.2) is 0 Å². The Morgan fingerprint density at radius 1 is 1.08 bits per heavy atom. The molecule has 3 nitrogen and oxygen atoms in total. The molecule has 0 amide bonds. The van der Waals surface area contributed by atoms with Gasteiger partial charge in [0.05, 0.1) is 0 Å². The van der Waals surface area contributed by atoms with Crippen molar-refractivity contribution >= 4 is 6.16 Å². The Bertz CT molecular complexity index is 234. The molecule has 0 radical (unpaired) electrons. The van der Waals surface area contributed by atoms with Crippen LogP contribution in [0, 0.1) is 11.8 Å². The first-order valence-electron chi connectivity index (χ1n) is 4.40. The molecule has 0 N–H and O–H groups in total. The first-order chi connectivity index (χ1) is 5.84. The molecular weight excluding hydrogens is 156 g/mol. The van der Waals surface area contributed by atoms with Gasteiger partial charge >= 0.3 is 6.16 Å². The van der Waals surface area contributed by atoms with Crippen LogP contribution in [0.2, 0.25) is 0 Å². The molecule has 0 aromatic heterocycles. The van der Waals surface area contributed by atoms with E-state index in [4.69, 9.17) is 9.47 Å². The van der Waals surface area contributed by atoms with Crippen LogP contribution >= 0.6 is 0 Å². The van der Waals surface area contributed by atoms with E-state index in [1.54, 1.807) is 0 Å². The fourth-order valence-electron chi connectivity index (χ4n) is 2.46. The lowest BCUT2D eigenvalue weighted by Crippen LogP contribution is -2.42. The fraction of sp³-hybridized carbons (Fsp3) is 0.667. The molecule has 12 heavy (non-hydrogen) atoms. The average molecular weight is 166 g/mol. The second-order valence-electron chi connectivity index (χ2n) is 3.70. The number of fused-ring (bicyclic) bond motifs is 1. The van der Waals surface area contributed by atoms with E-state index in [2.05, 4.69) is 12.2 Å². The highest BCUT2D eigenvalue weighted by Crippen LogP contribution is 2.42. The van der Waals surface area contributed by atoms with Crippen molar-refractivity contribution < 1.29 is 14.3 Å². The molecule has 3 aliphatic carbocycles. The van der Waals surface area contributed by atoms with Gasteiger partial charge in [-0.05, 0) is 12.8 Å². The highest BCUT2D eigenvalue weighted by molar-refractivity contribution is 5.63. The summed E-state index contributed by atoms with van der Waals surface area (Å²) < 4.78 is 10.2. The Morgan fingerprint density at radius 2 is 1.58 bits per heavy atom. The quantitative estimate of drug-likeness (QED) is 0.404. The maximum Gasteiger partial charge on any atom is 0.509 e. The van der Waals surface area contributed by atoms with E-state index in [0.29, 0.717) is 11.8 Å². The molecule has 4 rings (SSSR count). The zero-order valence-electron chi connectivity index (χ0n) is 6.60. The van der Waals surface area contributed by atoms with Crippen LogP contribution in [0.25, 0.3) is 0 Å². The molecule has 0 aromatic carbocycles. The Hall–Kier alpha value is -0.990. The van der Waals surface area contributed by atoms with Crippen molar-refractivity contribution in [3.63, 3.8) is 0 Å². The van der Waals surface area contributed by atoms with Gasteiger partial charge in [-0.3, -0.25) is 0 Å². The third-order valence-electron chi connectivity index (χ3n) is 3.07. The van der Waals surface area contributed by atoms with E-state index < -0.39 is 6.16 Å². The normalized spacial score (nSPS) is 48.5. The zero-order chi connectivity index (χ0) is 8.13. The van der Waals surface area contributed by atoms with Crippen LogP contribution in [0.4, 0.5) is 4.79 Å². The first-order valence-corrected chi connectivity index (χ1v) is 4.40. The highest BCUT2D eigenvalue weighted by Gasteiger charge is 2.49. The standard InChI is InChI=1S/C9H10O3/c10-9-11-7-5-1-2-6(4-3-5)8(7)12-9/h1-2,5-8H,3-4H2/t5-,6+,7+,8-. The molecule has 4 aliphatic rings. The summed E-state index contributed by atoms with van der Waals surface area (Å²) in [5.74, 6) is 0.817. The summed E-state index contributed by atoms with van der Waals surface area (Å²) in [6.07, 6.45) is 6.15. The molecule has 2 bridgehead atoms. The minimum Gasteiger partial charge on any atom is -0.426 e. The van der Waals surface area contributed by atoms with Crippen molar-refractivity contribution in [2.75, 3.05) is 0 Å². The Balaban J connectivity index is 1.97. The highest BCUT2D eigenvalue weighted by atomic mass is 16.8. The minimum atomic E-state index is -0.481. The predicted molar refractivity (Wildman–Crippen MR) is 40.5 cm³/mol. The van der Waals surface area contributed by atoms with Gasteiger partial charge in [0.2, 0.25) is 0 Å². The van der Waals surface area contributed by atoms with Crippen LogP contribution in [0.5, 0.6) is 0 Å². The Kier molecular flexibility index (Phi) is 1.10. The molecule has 1 heterocycles. The fourth-order valence-corrected chi connectivity index (χ4v) is 2.46. The van der Waals surface area contributed by atoms with Crippen molar-refractivity contribution in [2.45, 2.75) is 25.0 Å². The summed E-state index contributed by atoms with van der Waals surface area (Å²) in [7, 11) is 0. The number of carbonyl (C=O) groups is 1. The van der Waals surface area contributed by atoms with Crippen molar-refractivity contribution in [3.05, 3.63) is 12.2 Å². The van der Waals surface area contributed by atoms with Crippen molar-refractivity contribution in [1.29, 1.82) is 0 Å². The molecule has 0 unspecified atom stereocenters. The average Bonchev–Trinajstić information content (AvgIpc) is 2.49. The third kappa shape index (κ3) is 0.687. The molecule has 3 heteroatoms. The lowest BCUT2D eigenvalue weighted by molar-refractivity contribution is 0.0383. The van der Waals surface area contributed by atoms with E-state index >= 15 is 0 Å². The van der Waals surface area contributed by atoms with E-state index in [-0.39, 0.29) is 12.2 Å². The molecule has 4 atom stereocenters. The molecular formula is C9H10O3. The summed E-state index contributed by atoms with van der Waals surface area (Å²) in [5.41, 5.74) is 0. The Morgan fingerprint density at radius 3 is 2.00 bits per heavy atom. The summed E-state index contributed by atoms with van der Waals surface area (Å²) in [6, 6.07) is 0. The van der Waals surface area contributed by atoms with E-state index in [0.717, 1.165) is 12.8 Å². The zero-order valence-corrected chi connectivity index (χ0v) is 6.60. The van der Waals surface area contributed by atoms with Gasteiger partial charge in [-0.2, -0.15) is 0 Å². The topological polar surface area (TPSA) is 35.5 Å². The van der Waals surface area contributed by atoms with Gasteiger partial charge in [-0.15, -0.1) is 0 Å². The van der Waals surface area contributed by atoms with Crippen LogP contribution in [0.15, 0.2) is 12.2 Å². The minimum absolute atomic E-state index is 0.0150. The van der Waals surface area contributed by atoms with Crippen LogP contribution in [0.3, 0.4) is 0 Å². The molecule has 1 saturated carbocycles. The number of carbonyl (C=O) groups excluding carboxylic acids is 1. The van der Waals surface area contributed by atoms with Crippen molar-refractivity contribution in [2.24, 2.45) is 11.8 Å². The van der Waals surface area contributed by atoms with Gasteiger partial charge in [0.1, 0.15) is 12.2 Å². The second kappa shape index (κ2) is 2.03. The monoisotopic (exact) mass is 166 g/mol. The second-order valence-corrected chi connectivity index (χ2v) is 3.70. The lowest BCUT2D eigenvalue weighted by Gasteiger charge is -2.37. The van der Waals surface area contributed by atoms with Crippen LogP contribution in [-0.4, -0.2) is 18.4 Å². The van der Waals surface area contributed by atoms with E-state index in [1.165, 1.54) is 0 Å². The van der Waals surface area contributed by atoms with E-state index in [9.17, 15) is 4.79 Å². The molecule has 64 valence electrons. The summed E-state index contributed by atoms with van der Waals surface area (Å²) in [4.78, 5) is 10.9. The van der Waals surface area contributed by atoms with Crippen molar-refractivity contribution in [3.8, 4) is 0 Å². The van der Waals surface area contributed by atoms with Crippen LogP contribution < -0.4 is 0 Å². The Labute approximate surface area is 70.3 Å².